The summed E-state index contributed by atoms with van der Waals surface area (Å²) in [4.78, 5) is 12.9. The standard InChI is InChI=1S/C10H7ClN2O/c11-8-2-1-7-5-10(14)13(4-3-12)9(7)6-8/h1-2,6H,4-5H2. The fourth-order valence-corrected chi connectivity index (χ4v) is 1.74. The van der Waals surface area contributed by atoms with Crippen LogP contribution in [-0.2, 0) is 11.2 Å². The van der Waals surface area contributed by atoms with Crippen LogP contribution in [0.3, 0.4) is 0 Å². The van der Waals surface area contributed by atoms with Gasteiger partial charge in [0.15, 0.2) is 0 Å². The maximum absolute atomic E-state index is 11.5. The van der Waals surface area contributed by atoms with E-state index in [9.17, 15) is 4.79 Å². The summed E-state index contributed by atoms with van der Waals surface area (Å²) in [5.74, 6) is -0.0381. The lowest BCUT2D eigenvalue weighted by Crippen LogP contribution is -2.26. The van der Waals surface area contributed by atoms with Gasteiger partial charge in [-0.1, -0.05) is 17.7 Å². The molecule has 0 spiro atoms. The summed E-state index contributed by atoms with van der Waals surface area (Å²) in [5, 5.41) is 9.15. The highest BCUT2D eigenvalue weighted by Crippen LogP contribution is 2.30. The van der Waals surface area contributed by atoms with Crippen molar-refractivity contribution in [3.8, 4) is 6.07 Å². The Morgan fingerprint density at radius 1 is 1.57 bits per heavy atom. The molecule has 0 saturated heterocycles. The van der Waals surface area contributed by atoms with Crippen LogP contribution in [0.5, 0.6) is 0 Å². The molecular formula is C10H7ClN2O. The van der Waals surface area contributed by atoms with Gasteiger partial charge in [-0.3, -0.25) is 9.69 Å². The molecular weight excluding hydrogens is 200 g/mol. The number of amides is 1. The third-order valence-corrected chi connectivity index (χ3v) is 2.44. The van der Waals surface area contributed by atoms with Crippen molar-refractivity contribution in [3.05, 3.63) is 28.8 Å². The smallest absolute Gasteiger partial charge is 0.232 e. The molecule has 14 heavy (non-hydrogen) atoms. The maximum Gasteiger partial charge on any atom is 0.232 e. The number of hydrogen-bond donors (Lipinski definition) is 0. The van der Waals surface area contributed by atoms with Crippen LogP contribution in [-0.4, -0.2) is 12.5 Å². The van der Waals surface area contributed by atoms with Gasteiger partial charge >= 0.3 is 0 Å². The molecule has 0 atom stereocenters. The molecule has 0 fully saturated rings. The average molecular weight is 207 g/mol. The summed E-state index contributed by atoms with van der Waals surface area (Å²) in [6.45, 7) is 0.0895. The van der Waals surface area contributed by atoms with E-state index < -0.39 is 0 Å². The second-order valence-electron chi connectivity index (χ2n) is 3.09. The van der Waals surface area contributed by atoms with Crippen LogP contribution in [0.25, 0.3) is 0 Å². The van der Waals surface area contributed by atoms with Crippen LogP contribution in [0.4, 0.5) is 5.69 Å². The van der Waals surface area contributed by atoms with Gasteiger partial charge in [0.1, 0.15) is 6.54 Å². The first kappa shape index (κ1) is 9.04. The lowest BCUT2D eigenvalue weighted by molar-refractivity contribution is -0.117. The monoisotopic (exact) mass is 206 g/mol. The van der Waals surface area contributed by atoms with Crippen LogP contribution >= 0.6 is 11.6 Å². The van der Waals surface area contributed by atoms with Crippen molar-refractivity contribution in [2.75, 3.05) is 11.4 Å². The average Bonchev–Trinajstić information content (AvgIpc) is 2.45. The fraction of sp³-hybridized carbons (Fsp3) is 0.200. The molecule has 2 rings (SSSR count). The van der Waals surface area contributed by atoms with Gasteiger partial charge in [0, 0.05) is 10.7 Å². The lowest BCUT2D eigenvalue weighted by atomic mass is 10.2. The third-order valence-electron chi connectivity index (χ3n) is 2.21. The molecule has 1 aromatic rings. The summed E-state index contributed by atoms with van der Waals surface area (Å²) < 4.78 is 0. The molecule has 0 N–H and O–H groups in total. The summed E-state index contributed by atoms with van der Waals surface area (Å²) >= 11 is 5.82. The quantitative estimate of drug-likeness (QED) is 0.657. The van der Waals surface area contributed by atoms with Crippen molar-refractivity contribution in [3.63, 3.8) is 0 Å². The molecule has 0 bridgehead atoms. The molecule has 1 heterocycles. The van der Waals surface area contributed by atoms with Crippen LogP contribution in [0, 0.1) is 11.3 Å². The second kappa shape index (κ2) is 3.32. The maximum atomic E-state index is 11.5. The molecule has 1 amide bonds. The first-order valence-electron chi connectivity index (χ1n) is 4.18. The highest BCUT2D eigenvalue weighted by Gasteiger charge is 2.26. The molecule has 0 aliphatic carbocycles. The number of carbonyl (C=O) groups is 1. The van der Waals surface area contributed by atoms with Crippen molar-refractivity contribution in [2.24, 2.45) is 0 Å². The number of halogens is 1. The van der Waals surface area contributed by atoms with E-state index in [4.69, 9.17) is 16.9 Å². The van der Waals surface area contributed by atoms with Crippen molar-refractivity contribution >= 4 is 23.2 Å². The molecule has 1 aliphatic rings. The molecule has 3 nitrogen and oxygen atoms in total. The van der Waals surface area contributed by atoms with Crippen LogP contribution in [0.1, 0.15) is 5.56 Å². The molecule has 0 radical (unpaired) electrons. The molecule has 0 saturated carbocycles. The Labute approximate surface area is 86.5 Å². The van der Waals surface area contributed by atoms with Crippen molar-refractivity contribution < 1.29 is 4.79 Å². The van der Waals surface area contributed by atoms with Crippen molar-refractivity contribution in [2.45, 2.75) is 6.42 Å². The SMILES string of the molecule is N#CCN1C(=O)Cc2ccc(Cl)cc21. The molecule has 4 heteroatoms. The van der Waals surface area contributed by atoms with Crippen LogP contribution < -0.4 is 4.90 Å². The topological polar surface area (TPSA) is 44.1 Å². The van der Waals surface area contributed by atoms with Gasteiger partial charge in [-0.05, 0) is 17.7 Å². The van der Waals surface area contributed by atoms with E-state index in [0.717, 1.165) is 11.3 Å². The number of nitrogens with zero attached hydrogens (tertiary/aromatic N) is 2. The van der Waals surface area contributed by atoms with Gasteiger partial charge in [-0.25, -0.2) is 0 Å². The fourth-order valence-electron chi connectivity index (χ4n) is 1.57. The molecule has 0 aromatic heterocycles. The number of rotatable bonds is 1. The minimum atomic E-state index is -0.0381. The number of benzene rings is 1. The minimum absolute atomic E-state index is 0.0381. The summed E-state index contributed by atoms with van der Waals surface area (Å²) in [5.41, 5.74) is 1.71. The highest BCUT2D eigenvalue weighted by molar-refractivity contribution is 6.31. The number of nitriles is 1. The Bertz CT molecular complexity index is 436. The first-order valence-corrected chi connectivity index (χ1v) is 4.56. The van der Waals surface area contributed by atoms with E-state index in [1.54, 1.807) is 12.1 Å². The molecule has 0 unspecified atom stereocenters. The van der Waals surface area contributed by atoms with Gasteiger partial charge in [-0.2, -0.15) is 5.26 Å². The zero-order chi connectivity index (χ0) is 10.1. The van der Waals surface area contributed by atoms with Crippen LogP contribution in [0.15, 0.2) is 18.2 Å². The lowest BCUT2D eigenvalue weighted by Gasteiger charge is -2.12. The van der Waals surface area contributed by atoms with Gasteiger partial charge in [0.05, 0.1) is 12.5 Å². The predicted molar refractivity (Wildman–Crippen MR) is 53.1 cm³/mol. The Morgan fingerprint density at radius 3 is 3.07 bits per heavy atom. The van der Waals surface area contributed by atoms with Crippen LogP contribution in [0.2, 0.25) is 5.02 Å². The first-order chi connectivity index (χ1) is 6.72. The third kappa shape index (κ3) is 1.34. The van der Waals surface area contributed by atoms with E-state index in [1.807, 2.05) is 12.1 Å². The highest BCUT2D eigenvalue weighted by atomic mass is 35.5. The molecule has 1 aliphatic heterocycles. The van der Waals surface area contributed by atoms with Crippen molar-refractivity contribution in [1.82, 2.24) is 0 Å². The van der Waals surface area contributed by atoms with Crippen molar-refractivity contribution in [1.29, 1.82) is 5.26 Å². The zero-order valence-corrected chi connectivity index (χ0v) is 8.08. The number of hydrogen-bond acceptors (Lipinski definition) is 2. The molecule has 70 valence electrons. The van der Waals surface area contributed by atoms with E-state index >= 15 is 0 Å². The Kier molecular flexibility index (Phi) is 2.14. The minimum Gasteiger partial charge on any atom is -0.298 e. The van der Waals surface area contributed by atoms with E-state index in [0.29, 0.717) is 11.4 Å². The van der Waals surface area contributed by atoms with E-state index in [-0.39, 0.29) is 12.5 Å². The Balaban J connectivity index is 2.45. The normalized spacial score (nSPS) is 14.0. The summed E-state index contributed by atoms with van der Waals surface area (Å²) in [7, 11) is 0. The summed E-state index contributed by atoms with van der Waals surface area (Å²) in [6.07, 6.45) is 0.369. The largest absolute Gasteiger partial charge is 0.298 e. The summed E-state index contributed by atoms with van der Waals surface area (Å²) in [6, 6.07) is 7.26. The van der Waals surface area contributed by atoms with Gasteiger partial charge in [0.25, 0.3) is 0 Å². The zero-order valence-electron chi connectivity index (χ0n) is 7.33. The second-order valence-corrected chi connectivity index (χ2v) is 3.52. The predicted octanol–water partition coefficient (Wildman–Crippen LogP) is 1.75. The molecule has 1 aromatic carbocycles. The van der Waals surface area contributed by atoms with Gasteiger partial charge in [0.2, 0.25) is 5.91 Å². The Morgan fingerprint density at radius 2 is 2.36 bits per heavy atom. The van der Waals surface area contributed by atoms with E-state index in [2.05, 4.69) is 0 Å². The number of fused-ring (bicyclic) bond motifs is 1. The Hall–Kier alpha value is -1.53. The van der Waals surface area contributed by atoms with Gasteiger partial charge in [-0.15, -0.1) is 0 Å². The number of anilines is 1. The van der Waals surface area contributed by atoms with E-state index in [1.165, 1.54) is 4.90 Å². The van der Waals surface area contributed by atoms with Gasteiger partial charge < -0.3 is 0 Å². The number of carbonyl (C=O) groups excluding carboxylic acids is 1.